The lowest BCUT2D eigenvalue weighted by Crippen LogP contribution is -2.10. The third-order valence-corrected chi connectivity index (χ3v) is 4.26. The molecule has 0 radical (unpaired) electrons. The summed E-state index contributed by atoms with van der Waals surface area (Å²) in [5, 5.41) is 10.6. The summed E-state index contributed by atoms with van der Waals surface area (Å²) in [5.74, 6) is -0.962. The number of nitrogens with one attached hydrogen (secondary N) is 1. The minimum Gasteiger partial charge on any atom is -0.494 e. The number of benzene rings is 2. The molecule has 4 rings (SSSR count). The molecular weight excluding hydrogens is 351 g/mol. The quantitative estimate of drug-likeness (QED) is 0.687. The molecule has 4 nitrogen and oxygen atoms in total. The number of carbonyl (C=O) groups is 1. The van der Waals surface area contributed by atoms with Gasteiger partial charge in [-0.3, -0.25) is 4.79 Å². The smallest absolute Gasteiger partial charge is 0.214 e. The first kappa shape index (κ1) is 13.2. The fourth-order valence-corrected chi connectivity index (χ4v) is 3.21. The van der Waals surface area contributed by atoms with Gasteiger partial charge in [-0.1, -0.05) is 12.1 Å². The zero-order valence-electron chi connectivity index (χ0n) is 11.0. The van der Waals surface area contributed by atoms with Crippen molar-refractivity contribution in [2.45, 2.75) is 0 Å². The van der Waals surface area contributed by atoms with Crippen molar-refractivity contribution in [3.63, 3.8) is 0 Å². The van der Waals surface area contributed by atoms with Gasteiger partial charge in [-0.2, -0.15) is 0 Å². The van der Waals surface area contributed by atoms with Crippen molar-refractivity contribution in [3.8, 4) is 5.88 Å². The van der Waals surface area contributed by atoms with E-state index in [1.54, 1.807) is 24.3 Å². The van der Waals surface area contributed by atoms with Gasteiger partial charge in [0.2, 0.25) is 5.78 Å². The highest BCUT2D eigenvalue weighted by Crippen LogP contribution is 2.37. The molecule has 0 spiro atoms. The summed E-state index contributed by atoms with van der Waals surface area (Å²) in [6.45, 7) is 0. The van der Waals surface area contributed by atoms with Crippen molar-refractivity contribution in [1.29, 1.82) is 0 Å². The zero-order chi connectivity index (χ0) is 15.4. The molecule has 2 aromatic carbocycles. The number of para-hydroxylation sites is 1. The minimum absolute atomic E-state index is 0.113. The maximum atomic E-state index is 13.7. The van der Waals surface area contributed by atoms with Crippen molar-refractivity contribution in [1.82, 2.24) is 4.98 Å². The Labute approximate surface area is 132 Å². The maximum absolute atomic E-state index is 13.7. The molecule has 0 atom stereocenters. The van der Waals surface area contributed by atoms with Crippen molar-refractivity contribution < 1.29 is 14.3 Å². The lowest BCUT2D eigenvalue weighted by atomic mass is 10.0. The van der Waals surface area contributed by atoms with Crippen LogP contribution in [0, 0.1) is 5.82 Å². The van der Waals surface area contributed by atoms with Crippen LogP contribution in [0.1, 0.15) is 15.9 Å². The number of Topliss-reactive ketones (excluding diaryl/α,β-unsaturated/α-hetero) is 1. The number of nitrogens with zero attached hydrogens (tertiary/aromatic N) is 1. The first-order chi connectivity index (χ1) is 10.6. The molecule has 0 unspecified atom stereocenters. The molecule has 108 valence electrons. The Bertz CT molecular complexity index is 991. The van der Waals surface area contributed by atoms with Crippen LogP contribution in [0.4, 0.5) is 10.1 Å². The average Bonchev–Trinajstić information content (AvgIpc) is 2.97. The van der Waals surface area contributed by atoms with Crippen LogP contribution in [0.5, 0.6) is 5.88 Å². The highest BCUT2D eigenvalue weighted by atomic mass is 79.9. The second-order valence-electron chi connectivity index (χ2n) is 4.97. The van der Waals surface area contributed by atoms with Crippen LogP contribution in [0.3, 0.4) is 0 Å². The number of rotatable bonds is 1. The third-order valence-electron chi connectivity index (χ3n) is 3.64. The fourth-order valence-electron chi connectivity index (χ4n) is 2.68. The summed E-state index contributed by atoms with van der Waals surface area (Å²) in [6, 6.07) is 9.49. The van der Waals surface area contributed by atoms with Crippen LogP contribution < -0.4 is 0 Å². The van der Waals surface area contributed by atoms with E-state index in [-0.39, 0.29) is 22.9 Å². The van der Waals surface area contributed by atoms with Crippen LogP contribution in [0.25, 0.3) is 10.9 Å². The van der Waals surface area contributed by atoms with Crippen molar-refractivity contribution in [2.75, 3.05) is 0 Å². The molecule has 2 N–H and O–H groups in total. The largest absolute Gasteiger partial charge is 0.494 e. The van der Waals surface area contributed by atoms with E-state index in [0.29, 0.717) is 26.6 Å². The first-order valence-corrected chi connectivity index (χ1v) is 7.28. The Kier molecular flexibility index (Phi) is 2.71. The number of aromatic hydroxyl groups is 1. The Morgan fingerprint density at radius 3 is 2.77 bits per heavy atom. The first-order valence-electron chi connectivity index (χ1n) is 6.48. The van der Waals surface area contributed by atoms with E-state index in [2.05, 4.69) is 25.9 Å². The van der Waals surface area contributed by atoms with Gasteiger partial charge in [0.25, 0.3) is 0 Å². The molecule has 0 saturated carbocycles. The molecule has 3 aromatic rings. The van der Waals surface area contributed by atoms with E-state index in [0.717, 1.165) is 0 Å². The number of aromatic amines is 1. The Hall–Kier alpha value is -2.47. The lowest BCUT2D eigenvalue weighted by molar-refractivity contribution is 0.107. The Morgan fingerprint density at radius 1 is 1.23 bits per heavy atom. The van der Waals surface area contributed by atoms with E-state index in [1.807, 2.05) is 0 Å². The molecule has 0 amide bonds. The van der Waals surface area contributed by atoms with Gasteiger partial charge in [0.15, 0.2) is 5.88 Å². The van der Waals surface area contributed by atoms with Crippen molar-refractivity contribution >= 4 is 44.0 Å². The molecule has 1 aromatic heterocycles. The van der Waals surface area contributed by atoms with Gasteiger partial charge in [0, 0.05) is 15.4 Å². The molecule has 6 heteroatoms. The van der Waals surface area contributed by atoms with Gasteiger partial charge < -0.3 is 10.1 Å². The van der Waals surface area contributed by atoms with E-state index < -0.39 is 5.82 Å². The SMILES string of the molecule is O=C1C(c2c(O)[nH]c3c(Br)cc(F)cc23)=Nc2ccccc21. The van der Waals surface area contributed by atoms with Crippen molar-refractivity contribution in [2.24, 2.45) is 4.99 Å². The van der Waals surface area contributed by atoms with Gasteiger partial charge >= 0.3 is 0 Å². The van der Waals surface area contributed by atoms with Crippen LogP contribution in [0.2, 0.25) is 0 Å². The number of ketones is 1. The van der Waals surface area contributed by atoms with E-state index in [4.69, 9.17) is 0 Å². The van der Waals surface area contributed by atoms with Crippen molar-refractivity contribution in [3.05, 3.63) is 57.8 Å². The molecule has 0 bridgehead atoms. The summed E-state index contributed by atoms with van der Waals surface area (Å²) >= 11 is 3.24. The molecule has 22 heavy (non-hydrogen) atoms. The second kappa shape index (κ2) is 4.51. The van der Waals surface area contributed by atoms with Gasteiger partial charge in [-0.25, -0.2) is 9.38 Å². The summed E-state index contributed by atoms with van der Waals surface area (Å²) < 4.78 is 14.1. The average molecular weight is 359 g/mol. The summed E-state index contributed by atoms with van der Waals surface area (Å²) in [4.78, 5) is 19.6. The van der Waals surface area contributed by atoms with Crippen LogP contribution >= 0.6 is 15.9 Å². The molecule has 0 aliphatic carbocycles. The number of hydrogen-bond acceptors (Lipinski definition) is 3. The number of H-pyrrole nitrogens is 1. The monoisotopic (exact) mass is 358 g/mol. The minimum atomic E-state index is -0.469. The number of fused-ring (bicyclic) bond motifs is 2. The molecule has 0 saturated heterocycles. The number of hydrogen-bond donors (Lipinski definition) is 2. The van der Waals surface area contributed by atoms with Gasteiger partial charge in [-0.05, 0) is 40.2 Å². The zero-order valence-corrected chi connectivity index (χ0v) is 12.6. The highest BCUT2D eigenvalue weighted by Gasteiger charge is 2.30. The van der Waals surface area contributed by atoms with Crippen LogP contribution in [-0.2, 0) is 0 Å². The molecular formula is C16H8BrFN2O2. The predicted molar refractivity (Wildman–Crippen MR) is 84.6 cm³/mol. The molecule has 1 aliphatic heterocycles. The van der Waals surface area contributed by atoms with E-state index >= 15 is 0 Å². The van der Waals surface area contributed by atoms with Crippen LogP contribution in [-0.4, -0.2) is 21.6 Å². The fraction of sp³-hybridized carbons (Fsp3) is 0. The standard InChI is InChI=1S/C16H8BrFN2O2/c17-10-6-7(18)5-9-12(16(22)20-13(9)10)14-15(21)8-3-1-2-4-11(8)19-14/h1-6,20,22H. The molecule has 2 heterocycles. The predicted octanol–water partition coefficient (Wildman–Crippen LogP) is 4.09. The summed E-state index contributed by atoms with van der Waals surface area (Å²) in [7, 11) is 0. The highest BCUT2D eigenvalue weighted by molar-refractivity contribution is 9.10. The Balaban J connectivity index is 2.01. The lowest BCUT2D eigenvalue weighted by Gasteiger charge is -2.00. The summed E-state index contributed by atoms with van der Waals surface area (Å²) in [6.07, 6.45) is 0. The topological polar surface area (TPSA) is 65.4 Å². The van der Waals surface area contributed by atoms with Gasteiger partial charge in [0.05, 0.1) is 16.8 Å². The molecule has 0 fully saturated rings. The molecule has 1 aliphatic rings. The van der Waals surface area contributed by atoms with Gasteiger partial charge in [0.1, 0.15) is 11.5 Å². The van der Waals surface area contributed by atoms with Crippen LogP contribution in [0.15, 0.2) is 45.9 Å². The normalized spacial score (nSPS) is 13.5. The van der Waals surface area contributed by atoms with Gasteiger partial charge in [-0.15, -0.1) is 0 Å². The number of aromatic nitrogens is 1. The summed E-state index contributed by atoms with van der Waals surface area (Å²) in [5.41, 5.74) is 1.87. The van der Waals surface area contributed by atoms with E-state index in [9.17, 15) is 14.3 Å². The van der Waals surface area contributed by atoms with E-state index in [1.165, 1.54) is 12.1 Å². The Morgan fingerprint density at radius 2 is 2.00 bits per heavy atom. The number of halogens is 2. The third kappa shape index (κ3) is 1.74. The second-order valence-corrected chi connectivity index (χ2v) is 5.82. The number of aliphatic imine (C=N–C) groups is 1. The maximum Gasteiger partial charge on any atom is 0.214 e. The number of carbonyl (C=O) groups excluding carboxylic acids is 1.